The summed E-state index contributed by atoms with van der Waals surface area (Å²) in [6.45, 7) is 0. The molecule has 0 saturated carbocycles. The first-order valence-electron chi connectivity index (χ1n) is 19.2. The van der Waals surface area contributed by atoms with Gasteiger partial charge in [0.2, 0.25) is 0 Å². The molecule has 0 atom stereocenters. The molecule has 0 unspecified atom stereocenters. The van der Waals surface area contributed by atoms with Gasteiger partial charge in [0, 0.05) is 33.3 Å². The summed E-state index contributed by atoms with van der Waals surface area (Å²) in [5, 5.41) is 5.73. The van der Waals surface area contributed by atoms with Crippen LogP contribution in [0.3, 0.4) is 0 Å². The highest BCUT2D eigenvalue weighted by atomic mass is 32.1. The number of furan rings is 1. The minimum Gasteiger partial charge on any atom is -0.456 e. The van der Waals surface area contributed by atoms with Crippen LogP contribution in [-0.4, -0.2) is 4.98 Å². The van der Waals surface area contributed by atoms with Crippen molar-refractivity contribution >= 4 is 71.3 Å². The van der Waals surface area contributed by atoms with Gasteiger partial charge < -0.3 is 9.32 Å². The number of hydrogen-bond donors (Lipinski definition) is 0. The first-order valence-corrected chi connectivity index (χ1v) is 20.0. The van der Waals surface area contributed by atoms with E-state index in [1.807, 2.05) is 6.07 Å². The molecule has 0 radical (unpaired) electrons. The molecule has 11 aromatic rings. The molecule has 0 fully saturated rings. The fraction of sp³-hybridized carbons (Fsp3) is 0. The van der Waals surface area contributed by atoms with Gasteiger partial charge in [0.1, 0.15) is 16.2 Å². The second kappa shape index (κ2) is 13.8. The molecule has 57 heavy (non-hydrogen) atoms. The van der Waals surface area contributed by atoms with Crippen LogP contribution in [0, 0.1) is 0 Å². The van der Waals surface area contributed by atoms with E-state index in [-0.39, 0.29) is 0 Å². The molecule has 11 rings (SSSR count). The van der Waals surface area contributed by atoms with Gasteiger partial charge in [0.15, 0.2) is 0 Å². The molecule has 2 aromatic heterocycles. The molecule has 0 bridgehead atoms. The van der Waals surface area contributed by atoms with E-state index in [0.29, 0.717) is 0 Å². The molecule has 0 aliphatic rings. The molecule has 0 spiro atoms. The van der Waals surface area contributed by atoms with Gasteiger partial charge >= 0.3 is 0 Å². The number of para-hydroxylation sites is 1. The lowest BCUT2D eigenvalue weighted by molar-refractivity contribution is 0.669. The van der Waals surface area contributed by atoms with Crippen LogP contribution < -0.4 is 4.90 Å². The number of thiazole rings is 1. The summed E-state index contributed by atoms with van der Waals surface area (Å²) in [4.78, 5) is 7.38. The lowest BCUT2D eigenvalue weighted by atomic mass is 9.97. The predicted octanol–water partition coefficient (Wildman–Crippen LogP) is 15.5. The van der Waals surface area contributed by atoms with E-state index in [1.54, 1.807) is 11.3 Å². The van der Waals surface area contributed by atoms with Crippen molar-refractivity contribution in [3.05, 3.63) is 206 Å². The van der Waals surface area contributed by atoms with E-state index < -0.39 is 0 Å². The zero-order valence-corrected chi connectivity index (χ0v) is 31.7. The largest absolute Gasteiger partial charge is 0.456 e. The Hall–Kier alpha value is -7.27. The fourth-order valence-electron chi connectivity index (χ4n) is 8.16. The van der Waals surface area contributed by atoms with Gasteiger partial charge in [-0.05, 0) is 93.2 Å². The maximum atomic E-state index is 6.39. The smallest absolute Gasteiger partial charge is 0.137 e. The second-order valence-corrected chi connectivity index (χ2v) is 15.3. The Morgan fingerprint density at radius 1 is 0.421 bits per heavy atom. The van der Waals surface area contributed by atoms with E-state index >= 15 is 0 Å². The molecule has 3 nitrogen and oxygen atoms in total. The highest BCUT2D eigenvalue weighted by Crippen LogP contribution is 2.44. The van der Waals surface area contributed by atoms with Gasteiger partial charge in [-0.15, -0.1) is 11.3 Å². The number of benzene rings is 9. The summed E-state index contributed by atoms with van der Waals surface area (Å²) < 4.78 is 7.54. The van der Waals surface area contributed by atoms with E-state index in [2.05, 4.69) is 205 Å². The van der Waals surface area contributed by atoms with Crippen LogP contribution in [0.1, 0.15) is 0 Å². The van der Waals surface area contributed by atoms with Crippen LogP contribution in [0.25, 0.3) is 86.9 Å². The van der Waals surface area contributed by atoms with Crippen molar-refractivity contribution in [1.29, 1.82) is 0 Å². The summed E-state index contributed by atoms with van der Waals surface area (Å²) in [7, 11) is 0. The second-order valence-electron chi connectivity index (χ2n) is 14.3. The monoisotopic (exact) mass is 746 g/mol. The van der Waals surface area contributed by atoms with Crippen molar-refractivity contribution in [3.8, 4) is 44.0 Å². The Labute approximate surface area is 334 Å². The van der Waals surface area contributed by atoms with Crippen molar-refractivity contribution < 1.29 is 4.42 Å². The van der Waals surface area contributed by atoms with Crippen molar-refractivity contribution in [2.45, 2.75) is 0 Å². The van der Waals surface area contributed by atoms with E-state index in [9.17, 15) is 0 Å². The highest BCUT2D eigenvalue weighted by molar-refractivity contribution is 7.22. The normalized spacial score (nSPS) is 11.5. The fourth-order valence-corrected chi connectivity index (χ4v) is 9.28. The maximum Gasteiger partial charge on any atom is 0.137 e. The lowest BCUT2D eigenvalue weighted by Crippen LogP contribution is -2.11. The van der Waals surface area contributed by atoms with E-state index in [0.717, 1.165) is 70.9 Å². The Balaban J connectivity index is 1.01. The van der Waals surface area contributed by atoms with Crippen molar-refractivity contribution in [2.75, 3.05) is 4.90 Å². The molecule has 0 amide bonds. The summed E-state index contributed by atoms with van der Waals surface area (Å²) in [5.41, 5.74) is 14.2. The Bertz CT molecular complexity index is 3210. The van der Waals surface area contributed by atoms with E-state index in [4.69, 9.17) is 9.40 Å². The summed E-state index contributed by atoms with van der Waals surface area (Å²) >= 11 is 1.72. The number of fused-ring (bicyclic) bond motifs is 6. The quantitative estimate of drug-likeness (QED) is 0.163. The number of nitrogens with zero attached hydrogens (tertiary/aromatic N) is 2. The molecular weight excluding hydrogens is 713 g/mol. The molecule has 4 heteroatoms. The zero-order chi connectivity index (χ0) is 37.7. The van der Waals surface area contributed by atoms with Crippen molar-refractivity contribution in [3.63, 3.8) is 0 Å². The molecule has 9 aromatic carbocycles. The third kappa shape index (κ3) is 5.86. The number of aromatic nitrogens is 1. The van der Waals surface area contributed by atoms with Crippen molar-refractivity contribution in [2.24, 2.45) is 0 Å². The van der Waals surface area contributed by atoms with E-state index in [1.165, 1.54) is 33.0 Å². The molecule has 2 heterocycles. The first-order chi connectivity index (χ1) is 28.2. The first kappa shape index (κ1) is 33.1. The minimum atomic E-state index is 0.878. The summed E-state index contributed by atoms with van der Waals surface area (Å²) in [5.74, 6) is 0. The van der Waals surface area contributed by atoms with Crippen molar-refractivity contribution in [1.82, 2.24) is 4.98 Å². The molecule has 0 aliphatic heterocycles. The van der Waals surface area contributed by atoms with Crippen LogP contribution in [0.15, 0.2) is 211 Å². The van der Waals surface area contributed by atoms with Gasteiger partial charge in [0.25, 0.3) is 0 Å². The molecule has 0 saturated heterocycles. The van der Waals surface area contributed by atoms with Crippen LogP contribution in [0.5, 0.6) is 0 Å². The average Bonchev–Trinajstić information content (AvgIpc) is 3.89. The maximum absolute atomic E-state index is 6.39. The van der Waals surface area contributed by atoms with Gasteiger partial charge in [-0.1, -0.05) is 152 Å². The lowest BCUT2D eigenvalue weighted by Gasteiger charge is -2.28. The topological polar surface area (TPSA) is 29.3 Å². The number of anilines is 3. The standard InChI is InChI=1S/C53H34N2OS/c1-3-12-37(13-4-1)45-19-9-10-21-48(45)55(42-29-24-38(25-30-42)44-20-11-17-36-14-7-8-18-43(36)44)41-27-22-35(23-28-41)40-26-32-49-46(34-40)51-50(56-49)33-31-47-52(51)57-53(54-47)39-15-5-2-6-16-39/h1-34H. The number of rotatable bonds is 7. The van der Waals surface area contributed by atoms with Gasteiger partial charge in [0.05, 0.1) is 15.9 Å². The third-order valence-corrected chi connectivity index (χ3v) is 12.1. The van der Waals surface area contributed by atoms with Crippen LogP contribution in [0.2, 0.25) is 0 Å². The molecule has 0 aliphatic carbocycles. The molecular formula is C53H34N2OS. The summed E-state index contributed by atoms with van der Waals surface area (Å²) in [6.07, 6.45) is 0. The van der Waals surface area contributed by atoms with Crippen LogP contribution in [-0.2, 0) is 0 Å². The number of hydrogen-bond acceptors (Lipinski definition) is 4. The van der Waals surface area contributed by atoms with Gasteiger partial charge in [-0.25, -0.2) is 4.98 Å². The Kier molecular flexibility index (Phi) is 8.01. The third-order valence-electron chi connectivity index (χ3n) is 10.9. The van der Waals surface area contributed by atoms with Gasteiger partial charge in [-0.2, -0.15) is 0 Å². The Morgan fingerprint density at radius 3 is 1.81 bits per heavy atom. The predicted molar refractivity (Wildman–Crippen MR) is 241 cm³/mol. The van der Waals surface area contributed by atoms with Gasteiger partial charge in [-0.3, -0.25) is 0 Å². The molecule has 0 N–H and O–H groups in total. The average molecular weight is 747 g/mol. The SMILES string of the molecule is c1ccc(-c2nc3ccc4oc5ccc(-c6ccc(N(c7ccc(-c8cccc9ccccc89)cc7)c7ccccc7-c7ccccc7)cc6)cc5c4c3s2)cc1. The minimum absolute atomic E-state index is 0.878. The Morgan fingerprint density at radius 2 is 1.02 bits per heavy atom. The van der Waals surface area contributed by atoms with Crippen LogP contribution >= 0.6 is 11.3 Å². The summed E-state index contributed by atoms with van der Waals surface area (Å²) in [6, 6.07) is 73.4. The highest BCUT2D eigenvalue weighted by Gasteiger charge is 2.19. The zero-order valence-electron chi connectivity index (χ0n) is 30.8. The van der Waals surface area contributed by atoms with Crippen LogP contribution in [0.4, 0.5) is 17.1 Å². The molecule has 268 valence electrons.